The maximum Gasteiger partial charge on any atom is 0.0503 e. The van der Waals surface area contributed by atoms with Gasteiger partial charge < -0.3 is 5.11 Å². The molecule has 18 heavy (non-hydrogen) atoms. The third-order valence-corrected chi connectivity index (χ3v) is 3.75. The zero-order valence-electron chi connectivity index (χ0n) is 9.68. The van der Waals surface area contributed by atoms with E-state index in [1.807, 2.05) is 36.4 Å². The van der Waals surface area contributed by atoms with Crippen LogP contribution < -0.4 is 0 Å². The average molecular weight is 371 g/mol. The van der Waals surface area contributed by atoms with Gasteiger partial charge in [-0.3, -0.25) is 4.98 Å². The SMILES string of the molecule is OCC(Cc1ccc(Br)cn1)c1cccc(Br)c1. The Balaban J connectivity index is 2.17. The minimum absolute atomic E-state index is 0.0798. The highest BCUT2D eigenvalue weighted by molar-refractivity contribution is 9.10. The van der Waals surface area contributed by atoms with Gasteiger partial charge in [0.15, 0.2) is 0 Å². The van der Waals surface area contributed by atoms with Crippen LogP contribution in [-0.2, 0) is 6.42 Å². The maximum atomic E-state index is 9.53. The van der Waals surface area contributed by atoms with Crippen molar-refractivity contribution in [3.63, 3.8) is 0 Å². The Bertz CT molecular complexity index is 513. The number of rotatable bonds is 4. The topological polar surface area (TPSA) is 33.1 Å². The molecule has 1 aromatic carbocycles. The van der Waals surface area contributed by atoms with Crippen molar-refractivity contribution >= 4 is 31.9 Å². The van der Waals surface area contributed by atoms with Gasteiger partial charge in [0.05, 0.1) is 6.61 Å². The average Bonchev–Trinajstić information content (AvgIpc) is 2.38. The summed E-state index contributed by atoms with van der Waals surface area (Å²) in [7, 11) is 0. The Labute approximate surface area is 123 Å². The summed E-state index contributed by atoms with van der Waals surface area (Å²) in [6.07, 6.45) is 2.52. The van der Waals surface area contributed by atoms with E-state index in [-0.39, 0.29) is 12.5 Å². The highest BCUT2D eigenvalue weighted by Crippen LogP contribution is 2.23. The summed E-state index contributed by atoms with van der Waals surface area (Å²) in [6.45, 7) is 0.119. The number of aliphatic hydroxyl groups is 1. The normalized spacial score (nSPS) is 12.4. The lowest BCUT2D eigenvalue weighted by atomic mass is 9.95. The molecule has 1 N–H and O–H groups in total. The standard InChI is InChI=1S/C14H13Br2NO/c15-12-3-1-2-10(6-12)11(9-18)7-14-5-4-13(16)8-17-14/h1-6,8,11,18H,7,9H2. The Morgan fingerprint density at radius 2 is 1.94 bits per heavy atom. The Kier molecular flexibility index (Phi) is 4.92. The Morgan fingerprint density at radius 3 is 2.56 bits per heavy atom. The molecule has 0 radical (unpaired) electrons. The highest BCUT2D eigenvalue weighted by Gasteiger charge is 2.12. The molecule has 1 unspecified atom stereocenters. The van der Waals surface area contributed by atoms with Crippen LogP contribution in [0.25, 0.3) is 0 Å². The molecule has 1 heterocycles. The van der Waals surface area contributed by atoms with Crippen molar-refractivity contribution in [3.8, 4) is 0 Å². The van der Waals surface area contributed by atoms with E-state index in [9.17, 15) is 5.11 Å². The van der Waals surface area contributed by atoms with Gasteiger partial charge in [0, 0.05) is 26.8 Å². The zero-order chi connectivity index (χ0) is 13.0. The van der Waals surface area contributed by atoms with Gasteiger partial charge in [0.25, 0.3) is 0 Å². The molecule has 2 nitrogen and oxygen atoms in total. The van der Waals surface area contributed by atoms with E-state index >= 15 is 0 Å². The van der Waals surface area contributed by atoms with Crippen molar-refractivity contribution in [1.29, 1.82) is 0 Å². The van der Waals surface area contributed by atoms with Crippen LogP contribution in [0.5, 0.6) is 0 Å². The number of pyridine rings is 1. The van der Waals surface area contributed by atoms with Crippen LogP contribution in [0.15, 0.2) is 51.5 Å². The van der Waals surface area contributed by atoms with Crippen LogP contribution in [0.4, 0.5) is 0 Å². The summed E-state index contributed by atoms with van der Waals surface area (Å²) in [5.41, 5.74) is 2.11. The van der Waals surface area contributed by atoms with E-state index < -0.39 is 0 Å². The molecule has 1 atom stereocenters. The van der Waals surface area contributed by atoms with Gasteiger partial charge in [-0.15, -0.1) is 0 Å². The van der Waals surface area contributed by atoms with Crippen molar-refractivity contribution in [1.82, 2.24) is 4.98 Å². The molecular weight excluding hydrogens is 358 g/mol. The minimum atomic E-state index is 0.0798. The molecule has 0 amide bonds. The largest absolute Gasteiger partial charge is 0.396 e. The van der Waals surface area contributed by atoms with Crippen molar-refractivity contribution in [2.24, 2.45) is 0 Å². The number of halogens is 2. The molecule has 2 aromatic rings. The minimum Gasteiger partial charge on any atom is -0.396 e. The molecule has 0 saturated heterocycles. The highest BCUT2D eigenvalue weighted by atomic mass is 79.9. The lowest BCUT2D eigenvalue weighted by Gasteiger charge is -2.14. The molecule has 0 aliphatic carbocycles. The summed E-state index contributed by atoms with van der Waals surface area (Å²) >= 11 is 6.82. The number of benzene rings is 1. The summed E-state index contributed by atoms with van der Waals surface area (Å²) in [4.78, 5) is 4.34. The fourth-order valence-corrected chi connectivity index (χ4v) is 2.48. The van der Waals surface area contributed by atoms with Gasteiger partial charge in [-0.05, 0) is 52.2 Å². The van der Waals surface area contributed by atoms with Gasteiger partial charge in [0.2, 0.25) is 0 Å². The van der Waals surface area contributed by atoms with Gasteiger partial charge in [-0.2, -0.15) is 0 Å². The molecule has 0 fully saturated rings. The molecule has 2 rings (SSSR count). The Hall–Kier alpha value is -0.710. The first kappa shape index (κ1) is 13.7. The van der Waals surface area contributed by atoms with E-state index in [0.717, 1.165) is 26.6 Å². The third kappa shape index (κ3) is 3.64. The first-order valence-electron chi connectivity index (χ1n) is 5.66. The van der Waals surface area contributed by atoms with Crippen LogP contribution in [0.3, 0.4) is 0 Å². The smallest absolute Gasteiger partial charge is 0.0503 e. The number of hydrogen-bond donors (Lipinski definition) is 1. The van der Waals surface area contributed by atoms with Crippen molar-refractivity contribution in [2.75, 3.05) is 6.61 Å². The molecule has 1 aromatic heterocycles. The second kappa shape index (κ2) is 6.45. The lowest BCUT2D eigenvalue weighted by molar-refractivity contribution is 0.264. The van der Waals surface area contributed by atoms with Crippen LogP contribution in [0.2, 0.25) is 0 Å². The van der Waals surface area contributed by atoms with Gasteiger partial charge >= 0.3 is 0 Å². The molecular formula is C14H13Br2NO. The zero-order valence-corrected chi connectivity index (χ0v) is 12.9. The van der Waals surface area contributed by atoms with E-state index in [1.165, 1.54) is 0 Å². The van der Waals surface area contributed by atoms with E-state index in [2.05, 4.69) is 36.8 Å². The first-order chi connectivity index (χ1) is 8.69. The second-order valence-corrected chi connectivity index (χ2v) is 5.94. The number of aliphatic hydroxyl groups excluding tert-OH is 1. The lowest BCUT2D eigenvalue weighted by Crippen LogP contribution is -2.08. The molecule has 0 spiro atoms. The van der Waals surface area contributed by atoms with E-state index in [4.69, 9.17) is 0 Å². The molecule has 0 aliphatic heterocycles. The van der Waals surface area contributed by atoms with Crippen LogP contribution >= 0.6 is 31.9 Å². The summed E-state index contributed by atoms with van der Waals surface area (Å²) < 4.78 is 2.00. The molecule has 4 heteroatoms. The van der Waals surface area contributed by atoms with Crippen LogP contribution in [-0.4, -0.2) is 16.7 Å². The fraction of sp³-hybridized carbons (Fsp3) is 0.214. The maximum absolute atomic E-state index is 9.53. The van der Waals surface area contributed by atoms with E-state index in [0.29, 0.717) is 0 Å². The molecule has 94 valence electrons. The fourth-order valence-electron chi connectivity index (χ4n) is 1.83. The monoisotopic (exact) mass is 369 g/mol. The summed E-state index contributed by atoms with van der Waals surface area (Å²) in [6, 6.07) is 12.0. The van der Waals surface area contributed by atoms with Gasteiger partial charge in [0.1, 0.15) is 0 Å². The van der Waals surface area contributed by atoms with Crippen molar-refractivity contribution < 1.29 is 5.11 Å². The molecule has 0 bridgehead atoms. The Morgan fingerprint density at radius 1 is 1.11 bits per heavy atom. The summed E-state index contributed by atoms with van der Waals surface area (Å²) in [5.74, 6) is 0.0798. The molecule has 0 saturated carbocycles. The quantitative estimate of drug-likeness (QED) is 0.884. The first-order valence-corrected chi connectivity index (χ1v) is 7.24. The number of hydrogen-bond acceptors (Lipinski definition) is 2. The van der Waals surface area contributed by atoms with Crippen molar-refractivity contribution in [2.45, 2.75) is 12.3 Å². The number of aromatic nitrogens is 1. The predicted molar refractivity (Wildman–Crippen MR) is 79.6 cm³/mol. The molecule has 0 aliphatic rings. The van der Waals surface area contributed by atoms with Gasteiger partial charge in [-0.1, -0.05) is 28.1 Å². The van der Waals surface area contributed by atoms with E-state index in [1.54, 1.807) is 6.20 Å². The van der Waals surface area contributed by atoms with Crippen molar-refractivity contribution in [3.05, 3.63) is 62.8 Å². The summed E-state index contributed by atoms with van der Waals surface area (Å²) in [5, 5.41) is 9.53. The predicted octanol–water partition coefficient (Wildman–Crippen LogP) is 3.93. The van der Waals surface area contributed by atoms with Crippen LogP contribution in [0, 0.1) is 0 Å². The number of nitrogens with zero attached hydrogens (tertiary/aromatic N) is 1. The van der Waals surface area contributed by atoms with Gasteiger partial charge in [-0.25, -0.2) is 0 Å². The van der Waals surface area contributed by atoms with Crippen LogP contribution in [0.1, 0.15) is 17.2 Å². The second-order valence-electron chi connectivity index (χ2n) is 4.11. The third-order valence-electron chi connectivity index (χ3n) is 2.78.